The van der Waals surface area contributed by atoms with Gasteiger partial charge in [-0.05, 0) is 61.2 Å². The second kappa shape index (κ2) is 7.47. The van der Waals surface area contributed by atoms with E-state index in [-0.39, 0.29) is 17.1 Å². The van der Waals surface area contributed by atoms with Crippen molar-refractivity contribution < 1.29 is 18.1 Å². The maximum absolute atomic E-state index is 15.1. The van der Waals surface area contributed by atoms with Crippen LogP contribution in [-0.4, -0.2) is 44.3 Å². The van der Waals surface area contributed by atoms with Crippen molar-refractivity contribution in [3.63, 3.8) is 0 Å². The van der Waals surface area contributed by atoms with Crippen molar-refractivity contribution in [3.05, 3.63) is 53.6 Å². The number of nitrogens with one attached hydrogen (secondary N) is 1. The van der Waals surface area contributed by atoms with Crippen LogP contribution >= 0.6 is 0 Å². The summed E-state index contributed by atoms with van der Waals surface area (Å²) < 4.78 is 37.4. The number of rotatable bonds is 4. The monoisotopic (exact) mass is 459 g/mol. The number of hydrogen-bond acceptors (Lipinski definition) is 6. The molecule has 1 aromatic carbocycles. The topological polar surface area (TPSA) is 119 Å². The third-order valence-corrected chi connectivity index (χ3v) is 10.3. The van der Waals surface area contributed by atoms with Gasteiger partial charge in [0.15, 0.2) is 0 Å². The average Bonchev–Trinajstić information content (AvgIpc) is 3.18. The largest absolute Gasteiger partial charge is 0.495 e. The van der Waals surface area contributed by atoms with E-state index < -0.39 is 37.4 Å². The molecule has 2 atom stereocenters. The highest BCUT2D eigenvalue weighted by atomic mass is 32.3. The molecule has 0 radical (unpaired) electrons. The molecular formula is C22H26FN5O3S. The van der Waals surface area contributed by atoms with Crippen LogP contribution in [0.5, 0.6) is 5.75 Å². The molecule has 32 heavy (non-hydrogen) atoms. The SMILES string of the molecule is COc1ccc(C(=O)Nc2ccc(F)c([C@@]3(C)N=C(N)C(C)(C)[SH]4(=O)N=CC[C@@H]34)c2)nc1. The quantitative estimate of drug-likeness (QED) is 0.608. The Hall–Kier alpha value is -3.14. The molecule has 0 saturated heterocycles. The summed E-state index contributed by atoms with van der Waals surface area (Å²) in [6.45, 7) is 5.24. The van der Waals surface area contributed by atoms with Crippen LogP contribution < -0.4 is 15.8 Å². The highest BCUT2D eigenvalue weighted by Crippen LogP contribution is 2.50. The fourth-order valence-corrected chi connectivity index (χ4v) is 7.48. The molecule has 1 aromatic heterocycles. The van der Waals surface area contributed by atoms with Gasteiger partial charge in [0.1, 0.15) is 28.6 Å². The van der Waals surface area contributed by atoms with E-state index in [0.29, 0.717) is 17.9 Å². The molecule has 10 heteroatoms. The number of amides is 1. The molecule has 0 unspecified atom stereocenters. The number of carbonyl (C=O) groups excluding carboxylic acids is 1. The van der Waals surface area contributed by atoms with Crippen molar-refractivity contribution in [2.75, 3.05) is 12.4 Å². The second-order valence-electron chi connectivity index (χ2n) is 8.61. The van der Waals surface area contributed by atoms with Gasteiger partial charge < -0.3 is 15.8 Å². The number of thiol groups is 1. The summed E-state index contributed by atoms with van der Waals surface area (Å²) in [6.07, 6.45) is 3.46. The number of aromatic nitrogens is 1. The minimum absolute atomic E-state index is 0.176. The molecule has 0 aliphatic carbocycles. The molecule has 3 heterocycles. The van der Waals surface area contributed by atoms with Gasteiger partial charge in [0, 0.05) is 23.9 Å². The number of nitrogens with zero attached hydrogens (tertiary/aromatic N) is 3. The first kappa shape index (κ1) is 22.1. The number of benzene rings is 1. The van der Waals surface area contributed by atoms with Crippen molar-refractivity contribution in [1.82, 2.24) is 4.98 Å². The molecule has 2 aromatic rings. The summed E-state index contributed by atoms with van der Waals surface area (Å²) in [5.74, 6) is -0.284. The smallest absolute Gasteiger partial charge is 0.274 e. The summed E-state index contributed by atoms with van der Waals surface area (Å²) in [6, 6.07) is 7.37. The Bertz CT molecular complexity index is 1190. The Balaban J connectivity index is 1.72. The normalized spacial score (nSPS) is 26.0. The Labute approximate surface area is 186 Å². The predicted molar refractivity (Wildman–Crippen MR) is 125 cm³/mol. The summed E-state index contributed by atoms with van der Waals surface area (Å²) in [5.41, 5.74) is 5.77. The third-order valence-electron chi connectivity index (χ3n) is 6.41. The van der Waals surface area contributed by atoms with E-state index in [9.17, 15) is 9.00 Å². The number of aliphatic imine (C=N–C) groups is 1. The maximum atomic E-state index is 15.1. The molecule has 170 valence electrons. The van der Waals surface area contributed by atoms with Crippen molar-refractivity contribution in [2.24, 2.45) is 15.1 Å². The molecule has 2 aliphatic rings. The molecule has 0 bridgehead atoms. The van der Waals surface area contributed by atoms with E-state index in [2.05, 4.69) is 19.7 Å². The van der Waals surface area contributed by atoms with Gasteiger partial charge in [0.25, 0.3) is 5.91 Å². The molecule has 4 rings (SSSR count). The zero-order valence-electron chi connectivity index (χ0n) is 18.3. The fraction of sp³-hybridized carbons (Fsp3) is 0.364. The maximum Gasteiger partial charge on any atom is 0.274 e. The van der Waals surface area contributed by atoms with Crippen LogP contribution in [0.15, 0.2) is 45.9 Å². The van der Waals surface area contributed by atoms with Crippen molar-refractivity contribution in [3.8, 4) is 5.75 Å². The molecular weight excluding hydrogens is 433 g/mol. The lowest BCUT2D eigenvalue weighted by atomic mass is 9.86. The lowest BCUT2D eigenvalue weighted by Crippen LogP contribution is -2.61. The minimum Gasteiger partial charge on any atom is -0.495 e. The summed E-state index contributed by atoms with van der Waals surface area (Å²) in [5, 5.41) is 2.20. The van der Waals surface area contributed by atoms with Gasteiger partial charge in [0.2, 0.25) is 0 Å². The number of anilines is 1. The first-order chi connectivity index (χ1) is 15.0. The second-order valence-corrected chi connectivity index (χ2v) is 11.8. The van der Waals surface area contributed by atoms with E-state index in [0.717, 1.165) is 0 Å². The van der Waals surface area contributed by atoms with Gasteiger partial charge in [-0.3, -0.25) is 14.0 Å². The first-order valence-corrected chi connectivity index (χ1v) is 11.9. The Morgan fingerprint density at radius 1 is 1.28 bits per heavy atom. The molecule has 1 amide bonds. The molecule has 8 nitrogen and oxygen atoms in total. The zero-order chi connectivity index (χ0) is 23.3. The van der Waals surface area contributed by atoms with Gasteiger partial charge in [-0.25, -0.2) is 13.8 Å². The summed E-state index contributed by atoms with van der Waals surface area (Å²) in [7, 11) is -1.69. The van der Waals surface area contributed by atoms with Crippen LogP contribution in [0.1, 0.15) is 43.2 Å². The standard InChI is InChI=1S/C22H26FN5O3S/c1-21(2)20(24)28-22(3,18-9-10-26-32(18,21)30)15-11-13(5-7-16(15)23)27-19(29)17-8-6-14(31-4)12-25-17/h5-8,10-12,18,32H,9H2,1-4H3,(H2,24,28)(H,27,29)/t18-,22+/m0/s1. The van der Waals surface area contributed by atoms with E-state index >= 15 is 4.39 Å². The van der Waals surface area contributed by atoms with E-state index in [1.807, 2.05) is 0 Å². The number of halogens is 1. The first-order valence-electron chi connectivity index (χ1n) is 10.1. The highest BCUT2D eigenvalue weighted by molar-refractivity contribution is 8.04. The lowest BCUT2D eigenvalue weighted by Gasteiger charge is -2.49. The number of fused-ring (bicyclic) bond motifs is 1. The Morgan fingerprint density at radius 2 is 2.03 bits per heavy atom. The number of nitrogens with two attached hydrogens (primary N) is 1. The van der Waals surface area contributed by atoms with Crippen LogP contribution in [0.4, 0.5) is 10.1 Å². The number of methoxy groups -OCH3 is 1. The molecule has 2 aliphatic heterocycles. The van der Waals surface area contributed by atoms with Gasteiger partial charge >= 0.3 is 0 Å². The molecule has 0 fully saturated rings. The number of pyridine rings is 1. The van der Waals surface area contributed by atoms with E-state index in [1.54, 1.807) is 33.1 Å². The third kappa shape index (κ3) is 3.21. The van der Waals surface area contributed by atoms with Crippen LogP contribution in [-0.2, 0) is 15.7 Å². The average molecular weight is 460 g/mol. The predicted octanol–water partition coefficient (Wildman–Crippen LogP) is 2.62. The van der Waals surface area contributed by atoms with Crippen LogP contribution in [0.25, 0.3) is 0 Å². The zero-order valence-corrected chi connectivity index (χ0v) is 19.2. The van der Waals surface area contributed by atoms with Crippen molar-refractivity contribution in [1.29, 1.82) is 0 Å². The number of carbonyl (C=O) groups is 1. The lowest BCUT2D eigenvalue weighted by molar-refractivity contribution is 0.102. The molecule has 0 spiro atoms. The summed E-state index contributed by atoms with van der Waals surface area (Å²) in [4.78, 5) is 21.3. The van der Waals surface area contributed by atoms with Gasteiger partial charge in [-0.15, -0.1) is 0 Å². The van der Waals surface area contributed by atoms with E-state index in [1.165, 1.54) is 37.6 Å². The number of amidine groups is 1. The fourth-order valence-electron chi connectivity index (χ4n) is 4.28. The minimum atomic E-state index is -3.20. The Kier molecular flexibility index (Phi) is 5.15. The van der Waals surface area contributed by atoms with Crippen LogP contribution in [0.2, 0.25) is 0 Å². The van der Waals surface area contributed by atoms with Crippen molar-refractivity contribution in [2.45, 2.75) is 42.7 Å². The number of ether oxygens (including phenoxy) is 1. The molecule has 3 N–H and O–H groups in total. The van der Waals surface area contributed by atoms with Gasteiger partial charge in [0.05, 0.1) is 23.3 Å². The number of hydrogen-bond donors (Lipinski definition) is 3. The Morgan fingerprint density at radius 3 is 2.69 bits per heavy atom. The van der Waals surface area contributed by atoms with Crippen LogP contribution in [0, 0.1) is 5.82 Å². The van der Waals surface area contributed by atoms with Gasteiger partial charge in [-0.2, -0.15) is 0 Å². The van der Waals surface area contributed by atoms with E-state index in [4.69, 9.17) is 10.5 Å². The highest BCUT2D eigenvalue weighted by Gasteiger charge is 2.57. The van der Waals surface area contributed by atoms with Gasteiger partial charge in [-0.1, -0.05) is 0 Å². The summed E-state index contributed by atoms with van der Waals surface area (Å²) >= 11 is 0. The molecule has 0 saturated carbocycles. The van der Waals surface area contributed by atoms with Crippen LogP contribution in [0.3, 0.4) is 0 Å². The van der Waals surface area contributed by atoms with Crippen molar-refractivity contribution >= 4 is 33.8 Å².